The Labute approximate surface area is 225 Å². The number of hydrogen-bond acceptors (Lipinski definition) is 5. The van der Waals surface area contributed by atoms with Gasteiger partial charge in [0.2, 0.25) is 5.71 Å². The number of nitrogens with zero attached hydrogens (tertiary/aromatic N) is 1. The number of hydrogen-bond donors (Lipinski definition) is 2. The molecule has 0 aliphatic heterocycles. The Morgan fingerprint density at radius 3 is 2.18 bits per heavy atom. The van der Waals surface area contributed by atoms with Crippen molar-refractivity contribution < 1.29 is 23.8 Å². The largest absolute Gasteiger partial charge is 0.481 e. The molecule has 0 spiro atoms. The average molecular weight is 519 g/mol. The van der Waals surface area contributed by atoms with Crippen molar-refractivity contribution >= 4 is 28.8 Å². The van der Waals surface area contributed by atoms with Crippen LogP contribution in [0.25, 0.3) is 33.6 Å². The summed E-state index contributed by atoms with van der Waals surface area (Å²) in [7, 11) is 0. The lowest BCUT2D eigenvalue weighted by molar-refractivity contribution is -0.140. The van der Waals surface area contributed by atoms with Crippen LogP contribution < -0.4 is 5.32 Å². The number of rotatable bonds is 7. The Balaban J connectivity index is 1.26. The molecule has 194 valence electrons. The van der Waals surface area contributed by atoms with Crippen LogP contribution in [0.1, 0.15) is 29.7 Å². The first-order valence-corrected chi connectivity index (χ1v) is 12.8. The molecule has 2 heterocycles. The lowest BCUT2D eigenvalue weighted by atomic mass is 9.93. The number of pyridine rings is 1. The van der Waals surface area contributed by atoms with E-state index in [1.165, 1.54) is 0 Å². The van der Waals surface area contributed by atoms with Crippen LogP contribution in [0.5, 0.6) is 0 Å². The van der Waals surface area contributed by atoms with Gasteiger partial charge < -0.3 is 14.3 Å². The maximum atomic E-state index is 12.7. The molecule has 3 aromatic carbocycles. The summed E-state index contributed by atoms with van der Waals surface area (Å²) in [6.07, 6.45) is 0.770. The minimum absolute atomic E-state index is 0.149. The van der Waals surface area contributed by atoms with Crippen LogP contribution in [0.4, 0.5) is 10.5 Å². The van der Waals surface area contributed by atoms with Crippen LogP contribution in [0, 0.1) is 6.92 Å². The van der Waals surface area contributed by atoms with Crippen molar-refractivity contribution in [1.82, 2.24) is 4.98 Å². The Morgan fingerprint density at radius 1 is 0.897 bits per heavy atom. The number of carbonyl (C=O) groups excluding carboxylic acids is 1. The molecule has 0 radical (unpaired) electrons. The Kier molecular flexibility index (Phi) is 6.11. The van der Waals surface area contributed by atoms with Gasteiger partial charge in [0.05, 0.1) is 10.8 Å². The van der Waals surface area contributed by atoms with E-state index in [1.54, 1.807) is 0 Å². The van der Waals surface area contributed by atoms with Crippen LogP contribution in [-0.2, 0) is 21.6 Å². The van der Waals surface area contributed by atoms with E-state index in [-0.39, 0.29) is 6.61 Å². The summed E-state index contributed by atoms with van der Waals surface area (Å²) >= 11 is 0. The summed E-state index contributed by atoms with van der Waals surface area (Å²) in [4.78, 5) is 28.9. The topological polar surface area (TPSA) is 102 Å². The third-order valence-corrected chi connectivity index (χ3v) is 7.21. The molecule has 7 heteroatoms. The van der Waals surface area contributed by atoms with Crippen molar-refractivity contribution in [3.05, 3.63) is 108 Å². The summed E-state index contributed by atoms with van der Waals surface area (Å²) in [5, 5.41) is 13.1. The van der Waals surface area contributed by atoms with E-state index in [4.69, 9.17) is 9.15 Å². The zero-order valence-electron chi connectivity index (χ0n) is 21.3. The van der Waals surface area contributed by atoms with E-state index in [9.17, 15) is 14.7 Å². The molecule has 2 N–H and O–H groups in total. The summed E-state index contributed by atoms with van der Waals surface area (Å²) in [6, 6.07) is 28.7. The number of nitrogens with one attached hydrogen (secondary N) is 1. The highest BCUT2D eigenvalue weighted by Crippen LogP contribution is 2.48. The van der Waals surface area contributed by atoms with Crippen LogP contribution in [0.3, 0.4) is 0 Å². The van der Waals surface area contributed by atoms with Crippen LogP contribution in [0.15, 0.2) is 95.4 Å². The third-order valence-electron chi connectivity index (χ3n) is 7.21. The fourth-order valence-corrected chi connectivity index (χ4v) is 4.81. The van der Waals surface area contributed by atoms with Gasteiger partial charge in [0.25, 0.3) is 0 Å². The highest BCUT2D eigenvalue weighted by atomic mass is 16.5. The molecule has 0 saturated heterocycles. The molecular weight excluding hydrogens is 492 g/mol. The predicted octanol–water partition coefficient (Wildman–Crippen LogP) is 7.34. The van der Waals surface area contributed by atoms with Gasteiger partial charge in [-0.3, -0.25) is 10.1 Å². The number of carbonyl (C=O) groups is 2. The first-order valence-electron chi connectivity index (χ1n) is 12.8. The van der Waals surface area contributed by atoms with Crippen molar-refractivity contribution in [2.75, 3.05) is 5.32 Å². The minimum Gasteiger partial charge on any atom is -0.481 e. The zero-order chi connectivity index (χ0) is 27.0. The SMILES string of the molecule is Cc1ccc2c(NC(=O)OCc3ccccc3)c(-c3ccc(-c4ccc(C5(C(=O)O)CC5)cc4)cc3)oc2n1. The van der Waals surface area contributed by atoms with Gasteiger partial charge in [-0.25, -0.2) is 9.78 Å². The van der Waals surface area contributed by atoms with Crippen LogP contribution in [0.2, 0.25) is 0 Å². The van der Waals surface area contributed by atoms with E-state index in [1.807, 2.05) is 97.9 Å². The standard InChI is InChI=1S/C32H26N2O5/c1-20-7-16-26-27(34-31(37)38-19-21-5-3-2-4-6-21)28(39-29(26)33-20)24-10-8-22(9-11-24)23-12-14-25(15-13-23)32(17-18-32)30(35)36/h2-16H,17-19H2,1H3,(H,34,37)(H,35,36). The maximum absolute atomic E-state index is 12.7. The number of carboxylic acid groups (broad SMARTS) is 1. The molecule has 0 atom stereocenters. The molecule has 0 bridgehead atoms. The smallest absolute Gasteiger partial charge is 0.412 e. The van der Waals surface area contributed by atoms with Gasteiger partial charge >= 0.3 is 12.1 Å². The van der Waals surface area contributed by atoms with Crippen LogP contribution >= 0.6 is 0 Å². The van der Waals surface area contributed by atoms with Crippen molar-refractivity contribution in [1.29, 1.82) is 0 Å². The minimum atomic E-state index is -0.761. The molecule has 1 aliphatic carbocycles. The molecule has 7 nitrogen and oxygen atoms in total. The van der Waals surface area contributed by atoms with E-state index in [2.05, 4.69) is 10.3 Å². The number of fused-ring (bicyclic) bond motifs is 1. The Hall–Kier alpha value is -4.91. The fraction of sp³-hybridized carbons (Fsp3) is 0.156. The summed E-state index contributed by atoms with van der Waals surface area (Å²) in [5.74, 6) is -0.276. The lowest BCUT2D eigenvalue weighted by Crippen LogP contribution is -2.19. The number of ether oxygens (including phenoxy) is 1. The van der Waals surface area contributed by atoms with Gasteiger partial charge in [-0.1, -0.05) is 78.9 Å². The van der Waals surface area contributed by atoms with E-state index >= 15 is 0 Å². The first kappa shape index (κ1) is 24.4. The summed E-state index contributed by atoms with van der Waals surface area (Å²) < 4.78 is 11.6. The number of aliphatic carboxylic acids is 1. The zero-order valence-corrected chi connectivity index (χ0v) is 21.3. The number of benzene rings is 3. The number of amides is 1. The molecule has 2 aromatic heterocycles. The highest BCUT2D eigenvalue weighted by molar-refractivity contribution is 6.04. The van der Waals surface area contributed by atoms with Gasteiger partial charge in [0.1, 0.15) is 12.3 Å². The number of furan rings is 1. The predicted molar refractivity (Wildman–Crippen MR) is 148 cm³/mol. The first-order chi connectivity index (χ1) is 18.9. The number of carboxylic acids is 1. The van der Waals surface area contributed by atoms with E-state index < -0.39 is 17.5 Å². The highest BCUT2D eigenvalue weighted by Gasteiger charge is 2.51. The van der Waals surface area contributed by atoms with Crippen molar-refractivity contribution in [3.63, 3.8) is 0 Å². The molecular formula is C32H26N2O5. The molecule has 39 heavy (non-hydrogen) atoms. The monoisotopic (exact) mass is 518 g/mol. The van der Waals surface area contributed by atoms with E-state index in [0.29, 0.717) is 35.4 Å². The molecule has 1 saturated carbocycles. The Bertz CT molecular complexity index is 1670. The van der Waals surface area contributed by atoms with Gasteiger partial charge in [0.15, 0.2) is 5.76 Å². The van der Waals surface area contributed by atoms with Gasteiger partial charge in [-0.2, -0.15) is 0 Å². The van der Waals surface area contributed by atoms with E-state index in [0.717, 1.165) is 33.5 Å². The molecule has 1 aliphatic rings. The van der Waals surface area contributed by atoms with Gasteiger partial charge in [-0.15, -0.1) is 0 Å². The lowest BCUT2D eigenvalue weighted by Gasteiger charge is -2.11. The molecule has 0 unspecified atom stereocenters. The summed E-state index contributed by atoms with van der Waals surface area (Å²) in [6.45, 7) is 2.03. The average Bonchev–Trinajstić information content (AvgIpc) is 3.71. The molecule has 6 rings (SSSR count). The second kappa shape index (κ2) is 9.76. The number of aromatic nitrogens is 1. The quantitative estimate of drug-likeness (QED) is 0.234. The second-order valence-corrected chi connectivity index (χ2v) is 9.84. The Morgan fingerprint density at radius 2 is 1.54 bits per heavy atom. The summed E-state index contributed by atoms with van der Waals surface area (Å²) in [5.41, 5.74) is 5.47. The normalized spacial score (nSPS) is 13.7. The van der Waals surface area contributed by atoms with Crippen molar-refractivity contribution in [2.45, 2.75) is 31.8 Å². The van der Waals surface area contributed by atoms with Gasteiger partial charge in [-0.05, 0) is 54.2 Å². The number of aryl methyl sites for hydroxylation is 1. The number of anilines is 1. The van der Waals surface area contributed by atoms with Crippen molar-refractivity contribution in [3.8, 4) is 22.5 Å². The molecule has 1 amide bonds. The van der Waals surface area contributed by atoms with Gasteiger partial charge in [0, 0.05) is 11.3 Å². The second-order valence-electron chi connectivity index (χ2n) is 9.84. The van der Waals surface area contributed by atoms with Crippen LogP contribution in [-0.4, -0.2) is 22.2 Å². The fourth-order valence-electron chi connectivity index (χ4n) is 4.81. The molecule has 1 fully saturated rings. The van der Waals surface area contributed by atoms with Crippen molar-refractivity contribution in [2.24, 2.45) is 0 Å². The maximum Gasteiger partial charge on any atom is 0.412 e. The molecule has 5 aromatic rings. The third kappa shape index (κ3) is 4.75.